The summed E-state index contributed by atoms with van der Waals surface area (Å²) in [6, 6.07) is 1.92. The monoisotopic (exact) mass is 450 g/mol. The number of rotatable bonds is 11. The number of ether oxygens (including phenoxy) is 3. The molecule has 0 amide bonds. The molecule has 10 nitrogen and oxygen atoms in total. The highest BCUT2D eigenvalue weighted by Crippen LogP contribution is 2.24. The van der Waals surface area contributed by atoms with Gasteiger partial charge in [0.15, 0.2) is 5.13 Å². The van der Waals surface area contributed by atoms with Gasteiger partial charge in [-0.05, 0) is 13.8 Å². The molecular weight excluding hydrogens is 420 g/mol. The highest BCUT2D eigenvalue weighted by molar-refractivity contribution is 7.17. The van der Waals surface area contributed by atoms with Gasteiger partial charge in [-0.2, -0.15) is 0 Å². The third kappa shape index (κ3) is 7.10. The van der Waals surface area contributed by atoms with Crippen molar-refractivity contribution in [3.63, 3.8) is 0 Å². The molecule has 1 N–H and O–H groups in total. The molecule has 11 heteroatoms. The molecule has 1 fully saturated rings. The van der Waals surface area contributed by atoms with E-state index in [-0.39, 0.29) is 0 Å². The predicted octanol–water partition coefficient (Wildman–Crippen LogP) is 1.95. The van der Waals surface area contributed by atoms with Crippen LogP contribution in [0.4, 0.5) is 16.8 Å². The van der Waals surface area contributed by atoms with Crippen LogP contribution in [0.2, 0.25) is 0 Å². The number of piperazine rings is 1. The Morgan fingerprint density at radius 3 is 2.68 bits per heavy atom. The first kappa shape index (κ1) is 23.3. The number of carbonyl (C=O) groups excluding carboxylic acids is 1. The maximum atomic E-state index is 11.6. The standard InChI is InChI=1S/C20H30N6O4S/c1-4-29-11-12-30-10-9-25-5-7-26(8-6-25)18-13-17(22-15(2)23-18)24-20-21-14-16(31-20)19(27)28-3/h13-14H,4-12H2,1-3H3,(H,21,22,23,24). The molecule has 0 atom stereocenters. The molecule has 1 saturated heterocycles. The minimum absolute atomic E-state index is 0.400. The first-order valence-corrected chi connectivity index (χ1v) is 11.2. The summed E-state index contributed by atoms with van der Waals surface area (Å²) < 4.78 is 15.6. The molecule has 0 radical (unpaired) electrons. The lowest BCUT2D eigenvalue weighted by atomic mass is 10.3. The molecule has 2 aromatic heterocycles. The summed E-state index contributed by atoms with van der Waals surface area (Å²) in [5.74, 6) is 1.81. The van der Waals surface area contributed by atoms with E-state index in [1.807, 2.05) is 19.9 Å². The Hall–Kier alpha value is -2.34. The Bertz CT molecular complexity index is 841. The van der Waals surface area contributed by atoms with Crippen LogP contribution in [0.1, 0.15) is 22.4 Å². The van der Waals surface area contributed by atoms with Crippen molar-refractivity contribution in [1.82, 2.24) is 19.9 Å². The second-order valence-corrected chi connectivity index (χ2v) is 7.97. The van der Waals surface area contributed by atoms with E-state index in [0.717, 1.165) is 51.8 Å². The van der Waals surface area contributed by atoms with Crippen LogP contribution in [0, 0.1) is 6.92 Å². The molecule has 3 heterocycles. The Kier molecular flexibility index (Phi) is 8.95. The quantitative estimate of drug-likeness (QED) is 0.404. The van der Waals surface area contributed by atoms with Gasteiger partial charge in [0.05, 0.1) is 33.1 Å². The van der Waals surface area contributed by atoms with E-state index in [4.69, 9.17) is 14.2 Å². The van der Waals surface area contributed by atoms with Gasteiger partial charge in [0.2, 0.25) is 0 Å². The van der Waals surface area contributed by atoms with Gasteiger partial charge < -0.3 is 24.4 Å². The number of aryl methyl sites for hydroxylation is 1. The molecule has 170 valence electrons. The van der Waals surface area contributed by atoms with Crippen molar-refractivity contribution < 1.29 is 19.0 Å². The van der Waals surface area contributed by atoms with Gasteiger partial charge in [-0.15, -0.1) is 0 Å². The summed E-state index contributed by atoms with van der Waals surface area (Å²) in [5, 5.41) is 3.75. The average molecular weight is 451 g/mol. The fourth-order valence-electron chi connectivity index (χ4n) is 3.17. The van der Waals surface area contributed by atoms with E-state index in [1.165, 1.54) is 24.6 Å². The Balaban J connectivity index is 1.50. The number of nitrogens with one attached hydrogen (secondary N) is 1. The molecule has 0 spiro atoms. The maximum Gasteiger partial charge on any atom is 0.349 e. The Morgan fingerprint density at radius 2 is 1.94 bits per heavy atom. The van der Waals surface area contributed by atoms with Crippen molar-refractivity contribution in [3.05, 3.63) is 23.0 Å². The largest absolute Gasteiger partial charge is 0.465 e. The van der Waals surface area contributed by atoms with Gasteiger partial charge in [0.25, 0.3) is 0 Å². The minimum Gasteiger partial charge on any atom is -0.465 e. The zero-order chi connectivity index (χ0) is 22.1. The van der Waals surface area contributed by atoms with Crippen LogP contribution in [0.25, 0.3) is 0 Å². The highest BCUT2D eigenvalue weighted by Gasteiger charge is 2.19. The van der Waals surface area contributed by atoms with Gasteiger partial charge >= 0.3 is 5.97 Å². The summed E-state index contributed by atoms with van der Waals surface area (Å²) in [5.41, 5.74) is 0. The number of hydrogen-bond donors (Lipinski definition) is 1. The van der Waals surface area contributed by atoms with E-state index in [2.05, 4.69) is 30.1 Å². The predicted molar refractivity (Wildman–Crippen MR) is 119 cm³/mol. The summed E-state index contributed by atoms with van der Waals surface area (Å²) in [6.07, 6.45) is 1.49. The van der Waals surface area contributed by atoms with E-state index < -0.39 is 5.97 Å². The zero-order valence-electron chi connectivity index (χ0n) is 18.3. The second-order valence-electron chi connectivity index (χ2n) is 6.94. The number of methoxy groups -OCH3 is 1. The van der Waals surface area contributed by atoms with Crippen molar-refractivity contribution in [2.45, 2.75) is 13.8 Å². The lowest BCUT2D eigenvalue weighted by Gasteiger charge is -2.35. The van der Waals surface area contributed by atoms with Gasteiger partial charge in [0, 0.05) is 45.4 Å². The van der Waals surface area contributed by atoms with Crippen molar-refractivity contribution in [3.8, 4) is 0 Å². The molecule has 31 heavy (non-hydrogen) atoms. The first-order valence-electron chi connectivity index (χ1n) is 10.4. The molecule has 0 unspecified atom stereocenters. The third-order valence-electron chi connectivity index (χ3n) is 4.78. The van der Waals surface area contributed by atoms with Crippen molar-refractivity contribution in [2.24, 2.45) is 0 Å². The number of carbonyl (C=O) groups is 1. The van der Waals surface area contributed by atoms with E-state index in [9.17, 15) is 4.79 Å². The van der Waals surface area contributed by atoms with Gasteiger partial charge in [-0.3, -0.25) is 4.90 Å². The van der Waals surface area contributed by atoms with Gasteiger partial charge in [0.1, 0.15) is 22.3 Å². The summed E-state index contributed by atoms with van der Waals surface area (Å²) in [6.45, 7) is 11.2. The molecular formula is C20H30N6O4S. The second kappa shape index (κ2) is 11.9. The normalized spacial score (nSPS) is 14.6. The molecule has 1 aliphatic heterocycles. The third-order valence-corrected chi connectivity index (χ3v) is 5.67. The van der Waals surface area contributed by atoms with Crippen LogP contribution in [-0.2, 0) is 14.2 Å². The number of anilines is 3. The number of aromatic nitrogens is 3. The molecule has 3 rings (SSSR count). The van der Waals surface area contributed by atoms with E-state index in [1.54, 1.807) is 0 Å². The Morgan fingerprint density at radius 1 is 1.16 bits per heavy atom. The number of hydrogen-bond acceptors (Lipinski definition) is 11. The highest BCUT2D eigenvalue weighted by atomic mass is 32.1. The molecule has 0 bridgehead atoms. The van der Waals surface area contributed by atoms with Crippen molar-refractivity contribution >= 4 is 34.1 Å². The Labute approximate surface area is 186 Å². The SMILES string of the molecule is CCOCCOCCN1CCN(c2cc(Nc3ncc(C(=O)OC)s3)nc(C)n2)CC1. The average Bonchev–Trinajstić information content (AvgIpc) is 3.24. The molecule has 0 aliphatic carbocycles. The van der Waals surface area contributed by atoms with Crippen molar-refractivity contribution in [1.29, 1.82) is 0 Å². The van der Waals surface area contributed by atoms with Crippen LogP contribution in [-0.4, -0.2) is 92.1 Å². The fraction of sp³-hybridized carbons (Fsp3) is 0.600. The number of nitrogens with zero attached hydrogens (tertiary/aromatic N) is 5. The van der Waals surface area contributed by atoms with Gasteiger partial charge in [-0.1, -0.05) is 11.3 Å². The van der Waals surface area contributed by atoms with E-state index in [0.29, 0.717) is 34.9 Å². The van der Waals surface area contributed by atoms with E-state index >= 15 is 0 Å². The van der Waals surface area contributed by atoms with Crippen LogP contribution in [0.5, 0.6) is 0 Å². The summed E-state index contributed by atoms with van der Waals surface area (Å²) >= 11 is 1.22. The van der Waals surface area contributed by atoms with Crippen LogP contribution in [0.3, 0.4) is 0 Å². The maximum absolute atomic E-state index is 11.6. The lowest BCUT2D eigenvalue weighted by molar-refractivity contribution is 0.0422. The smallest absolute Gasteiger partial charge is 0.349 e. The summed E-state index contributed by atoms with van der Waals surface area (Å²) in [7, 11) is 1.35. The van der Waals surface area contributed by atoms with Crippen LogP contribution >= 0.6 is 11.3 Å². The van der Waals surface area contributed by atoms with Crippen LogP contribution in [0.15, 0.2) is 12.3 Å². The lowest BCUT2D eigenvalue weighted by Crippen LogP contribution is -2.47. The van der Waals surface area contributed by atoms with Crippen LogP contribution < -0.4 is 10.2 Å². The molecule has 1 aliphatic rings. The topological polar surface area (TPSA) is 102 Å². The summed E-state index contributed by atoms with van der Waals surface area (Å²) in [4.78, 5) is 30.0. The minimum atomic E-state index is -0.400. The fourth-order valence-corrected chi connectivity index (χ4v) is 3.91. The van der Waals surface area contributed by atoms with Gasteiger partial charge in [-0.25, -0.2) is 19.7 Å². The number of thiazole rings is 1. The first-order chi connectivity index (χ1) is 15.1. The molecule has 2 aromatic rings. The number of esters is 1. The molecule has 0 aromatic carbocycles. The molecule has 0 saturated carbocycles. The van der Waals surface area contributed by atoms with Crippen molar-refractivity contribution in [2.75, 3.05) is 76.5 Å². The zero-order valence-corrected chi connectivity index (χ0v) is 19.1.